The Morgan fingerprint density at radius 1 is 1.47 bits per heavy atom. The summed E-state index contributed by atoms with van der Waals surface area (Å²) in [5, 5.41) is 6.98. The van der Waals surface area contributed by atoms with E-state index < -0.39 is 0 Å². The van der Waals surface area contributed by atoms with Gasteiger partial charge in [0.15, 0.2) is 0 Å². The van der Waals surface area contributed by atoms with Crippen LogP contribution in [0, 0.1) is 0 Å². The average molecular weight is 284 g/mol. The van der Waals surface area contributed by atoms with Gasteiger partial charge in [0.25, 0.3) is 0 Å². The number of hydrogen-bond acceptors (Lipinski definition) is 5. The number of nitrogens with one attached hydrogen (secondary N) is 1. The first kappa shape index (κ1) is 14.9. The Morgan fingerprint density at radius 2 is 2.21 bits per heavy atom. The molecule has 1 heterocycles. The number of thiazole rings is 1. The molecule has 1 aromatic heterocycles. The number of ether oxygens (including phenoxy) is 2. The van der Waals surface area contributed by atoms with Crippen LogP contribution >= 0.6 is 11.3 Å². The molecule has 0 unspecified atom stereocenters. The molecule has 4 nitrogen and oxygen atoms in total. The molecule has 1 N–H and O–H groups in total. The number of nitrogens with zero attached hydrogens (tertiary/aromatic N) is 1. The lowest BCUT2D eigenvalue weighted by Crippen LogP contribution is -2.56. The molecule has 0 amide bonds. The van der Waals surface area contributed by atoms with E-state index in [1.165, 1.54) is 10.7 Å². The molecule has 1 saturated carbocycles. The van der Waals surface area contributed by atoms with E-state index in [2.05, 4.69) is 24.5 Å². The molecular weight excluding hydrogens is 260 g/mol. The minimum Gasteiger partial charge on any atom is -0.383 e. The van der Waals surface area contributed by atoms with Gasteiger partial charge >= 0.3 is 0 Å². The second-order valence-corrected chi connectivity index (χ2v) is 6.36. The molecule has 0 bridgehead atoms. The SMILES string of the molecule is COCCNC1(c2nc(C(C)C)cs2)CC(OC)C1. The average Bonchev–Trinajstić information content (AvgIpc) is 2.82. The summed E-state index contributed by atoms with van der Waals surface area (Å²) in [4.78, 5) is 4.81. The second kappa shape index (κ2) is 6.31. The van der Waals surface area contributed by atoms with Crippen LogP contribution < -0.4 is 5.32 Å². The monoisotopic (exact) mass is 284 g/mol. The maximum absolute atomic E-state index is 5.43. The van der Waals surface area contributed by atoms with E-state index in [0.717, 1.165) is 26.0 Å². The standard InChI is InChI=1S/C14H24N2O2S/c1-10(2)12-9-19-13(16-12)14(15-5-6-17-3)7-11(8-14)18-4/h9-11,15H,5-8H2,1-4H3. The van der Waals surface area contributed by atoms with Gasteiger partial charge in [0.1, 0.15) is 5.01 Å². The topological polar surface area (TPSA) is 43.4 Å². The van der Waals surface area contributed by atoms with Gasteiger partial charge in [-0.2, -0.15) is 0 Å². The number of hydrogen-bond donors (Lipinski definition) is 1. The fraction of sp³-hybridized carbons (Fsp3) is 0.786. The van der Waals surface area contributed by atoms with Gasteiger partial charge in [0.05, 0.1) is 23.9 Å². The lowest BCUT2D eigenvalue weighted by Gasteiger charge is -2.46. The molecule has 0 radical (unpaired) electrons. The third-order valence-electron chi connectivity index (χ3n) is 3.78. The van der Waals surface area contributed by atoms with Crippen molar-refractivity contribution >= 4 is 11.3 Å². The summed E-state index contributed by atoms with van der Waals surface area (Å²) in [5.74, 6) is 0.485. The molecular formula is C14H24N2O2S. The summed E-state index contributed by atoms with van der Waals surface area (Å²) in [5.41, 5.74) is 1.19. The van der Waals surface area contributed by atoms with Crippen LogP contribution in [0.2, 0.25) is 0 Å². The van der Waals surface area contributed by atoms with Gasteiger partial charge < -0.3 is 14.8 Å². The maximum atomic E-state index is 5.43. The van der Waals surface area contributed by atoms with Crippen LogP contribution in [0.5, 0.6) is 0 Å². The van der Waals surface area contributed by atoms with Crippen molar-refractivity contribution < 1.29 is 9.47 Å². The van der Waals surface area contributed by atoms with Crippen molar-refractivity contribution in [2.24, 2.45) is 0 Å². The number of rotatable bonds is 7. The van der Waals surface area contributed by atoms with Gasteiger partial charge in [-0.05, 0) is 18.8 Å². The minimum absolute atomic E-state index is 0.00296. The van der Waals surface area contributed by atoms with E-state index >= 15 is 0 Å². The van der Waals surface area contributed by atoms with Crippen molar-refractivity contribution in [2.45, 2.75) is 44.2 Å². The van der Waals surface area contributed by atoms with Gasteiger partial charge in [-0.15, -0.1) is 11.3 Å². The van der Waals surface area contributed by atoms with E-state index in [1.807, 2.05) is 0 Å². The van der Waals surface area contributed by atoms with Gasteiger partial charge in [0, 0.05) is 26.1 Å². The van der Waals surface area contributed by atoms with E-state index in [0.29, 0.717) is 12.0 Å². The smallest absolute Gasteiger partial charge is 0.113 e. The molecule has 19 heavy (non-hydrogen) atoms. The molecule has 1 fully saturated rings. The Hall–Kier alpha value is -0.490. The molecule has 0 atom stereocenters. The van der Waals surface area contributed by atoms with E-state index in [9.17, 15) is 0 Å². The van der Waals surface area contributed by atoms with Crippen LogP contribution in [0.25, 0.3) is 0 Å². The third kappa shape index (κ3) is 3.16. The van der Waals surface area contributed by atoms with Crippen molar-refractivity contribution in [3.05, 3.63) is 16.1 Å². The summed E-state index contributed by atoms with van der Waals surface area (Å²) in [6.07, 6.45) is 2.35. The lowest BCUT2D eigenvalue weighted by atomic mass is 9.74. The van der Waals surface area contributed by atoms with Crippen LogP contribution in [-0.4, -0.2) is 38.5 Å². The molecule has 108 valence electrons. The van der Waals surface area contributed by atoms with Crippen LogP contribution in [-0.2, 0) is 15.0 Å². The van der Waals surface area contributed by atoms with Crippen molar-refractivity contribution in [3.63, 3.8) is 0 Å². The third-order valence-corrected chi connectivity index (χ3v) is 4.84. The first-order valence-corrected chi connectivity index (χ1v) is 7.72. The zero-order valence-corrected chi connectivity index (χ0v) is 13.0. The Balaban J connectivity index is 2.08. The van der Waals surface area contributed by atoms with Gasteiger partial charge in [-0.3, -0.25) is 0 Å². The second-order valence-electron chi connectivity index (χ2n) is 5.50. The van der Waals surface area contributed by atoms with Crippen molar-refractivity contribution in [3.8, 4) is 0 Å². The van der Waals surface area contributed by atoms with E-state index in [4.69, 9.17) is 14.5 Å². The number of methoxy groups -OCH3 is 2. The van der Waals surface area contributed by atoms with Crippen molar-refractivity contribution in [1.29, 1.82) is 0 Å². The molecule has 5 heteroatoms. The molecule has 0 aliphatic heterocycles. The fourth-order valence-electron chi connectivity index (χ4n) is 2.44. The van der Waals surface area contributed by atoms with Crippen molar-refractivity contribution in [2.75, 3.05) is 27.4 Å². The largest absolute Gasteiger partial charge is 0.383 e. The molecule has 1 aliphatic rings. The molecule has 1 aliphatic carbocycles. The van der Waals surface area contributed by atoms with Crippen LogP contribution in [0.3, 0.4) is 0 Å². The molecule has 0 saturated heterocycles. The predicted octanol–water partition coefficient (Wildman–Crippen LogP) is 2.51. The molecule has 0 aromatic carbocycles. The van der Waals surface area contributed by atoms with Gasteiger partial charge in [0.2, 0.25) is 0 Å². The Kier molecular flexibility index (Phi) is 4.95. The Bertz CT molecular complexity index is 400. The van der Waals surface area contributed by atoms with Gasteiger partial charge in [-0.25, -0.2) is 4.98 Å². The normalized spacial score (nSPS) is 26.7. The summed E-state index contributed by atoms with van der Waals surface area (Å²) < 4.78 is 10.6. The van der Waals surface area contributed by atoms with E-state index in [-0.39, 0.29) is 5.54 Å². The summed E-state index contributed by atoms with van der Waals surface area (Å²) in [7, 11) is 3.51. The maximum Gasteiger partial charge on any atom is 0.113 e. The number of aromatic nitrogens is 1. The zero-order valence-electron chi connectivity index (χ0n) is 12.2. The fourth-order valence-corrected chi connectivity index (χ4v) is 3.62. The highest BCUT2D eigenvalue weighted by molar-refractivity contribution is 7.09. The molecule has 0 spiro atoms. The molecule has 1 aromatic rings. The van der Waals surface area contributed by atoms with Gasteiger partial charge in [-0.1, -0.05) is 13.8 Å². The summed E-state index contributed by atoms with van der Waals surface area (Å²) in [6, 6.07) is 0. The highest BCUT2D eigenvalue weighted by Gasteiger charge is 2.47. The highest BCUT2D eigenvalue weighted by atomic mass is 32.1. The van der Waals surface area contributed by atoms with Crippen LogP contribution in [0.4, 0.5) is 0 Å². The molecule has 2 rings (SSSR count). The first-order chi connectivity index (χ1) is 9.11. The zero-order chi connectivity index (χ0) is 13.9. The lowest BCUT2D eigenvalue weighted by molar-refractivity contribution is -0.0350. The van der Waals surface area contributed by atoms with Crippen LogP contribution in [0.15, 0.2) is 5.38 Å². The van der Waals surface area contributed by atoms with E-state index in [1.54, 1.807) is 25.6 Å². The predicted molar refractivity (Wildman–Crippen MR) is 77.8 cm³/mol. The quantitative estimate of drug-likeness (QED) is 0.781. The highest BCUT2D eigenvalue weighted by Crippen LogP contribution is 2.44. The van der Waals surface area contributed by atoms with Crippen LogP contribution in [0.1, 0.15) is 43.3 Å². The summed E-state index contributed by atoms with van der Waals surface area (Å²) in [6.45, 7) is 5.94. The Labute approximate surface area is 119 Å². The summed E-state index contributed by atoms with van der Waals surface area (Å²) >= 11 is 1.76. The van der Waals surface area contributed by atoms with Crippen molar-refractivity contribution in [1.82, 2.24) is 10.3 Å². The first-order valence-electron chi connectivity index (χ1n) is 6.84. The Morgan fingerprint density at radius 3 is 2.74 bits per heavy atom. The minimum atomic E-state index is -0.00296.